The first kappa shape index (κ1) is 11.4. The van der Waals surface area contributed by atoms with Crippen LogP contribution in [0.2, 0.25) is 5.02 Å². The maximum Gasteiger partial charge on any atom is 0.335 e. The predicted molar refractivity (Wildman–Crippen MR) is 57.6 cm³/mol. The molecule has 0 radical (unpaired) electrons. The van der Waals surface area contributed by atoms with E-state index in [0.717, 1.165) is 4.42 Å². The van der Waals surface area contributed by atoms with Gasteiger partial charge in [0, 0.05) is 17.8 Å². The molecule has 0 aliphatic heterocycles. The number of rotatable bonds is 2. The van der Waals surface area contributed by atoms with Crippen LogP contribution in [0, 0.1) is 0 Å². The second-order valence-corrected chi connectivity index (χ2v) is 3.42. The van der Waals surface area contributed by atoms with Gasteiger partial charge in [-0.05, 0) is 23.7 Å². The highest BCUT2D eigenvalue weighted by molar-refractivity contribution is 6.71. The summed E-state index contributed by atoms with van der Waals surface area (Å²) in [5.74, 6) is 0.424. The number of carbonyl (C=O) groups is 1. The van der Waals surface area contributed by atoms with E-state index in [9.17, 15) is 4.79 Å². The quantitative estimate of drug-likeness (QED) is 0.458. The van der Waals surface area contributed by atoms with Crippen LogP contribution in [0.15, 0.2) is 18.2 Å². The molecule has 0 saturated carbocycles. The highest BCUT2D eigenvalue weighted by Crippen LogP contribution is 2.30. The Morgan fingerprint density at radius 2 is 2.14 bits per heavy atom. The number of nitrogens with zero attached hydrogens (tertiary/aromatic N) is 1. The fourth-order valence-electron chi connectivity index (χ4n) is 0.872. The molecule has 0 aliphatic rings. The molecule has 6 heteroatoms. The third-order valence-electron chi connectivity index (χ3n) is 1.52. The number of amides is 1. The predicted octanol–water partition coefficient (Wildman–Crippen LogP) is 3.67. The molecule has 0 aliphatic carbocycles. The van der Waals surface area contributed by atoms with Crippen molar-refractivity contribution in [3.05, 3.63) is 23.2 Å². The van der Waals surface area contributed by atoms with Crippen molar-refractivity contribution in [2.75, 3.05) is 11.5 Å². The van der Waals surface area contributed by atoms with Crippen LogP contribution in [0.3, 0.4) is 0 Å². The normalized spacial score (nSPS) is 9.71. The number of benzene rings is 1. The smallest absolute Gasteiger partial charge is 0.335 e. The molecule has 1 aromatic carbocycles. The fraction of sp³-hybridized carbons (Fsp3) is 0.125. The minimum atomic E-state index is -0.795. The van der Waals surface area contributed by atoms with Gasteiger partial charge in [-0.25, -0.2) is 4.42 Å². The van der Waals surface area contributed by atoms with Crippen LogP contribution in [0.5, 0.6) is 5.75 Å². The second kappa shape index (κ2) is 4.73. The summed E-state index contributed by atoms with van der Waals surface area (Å²) in [5, 5.41) is -0.362. The van der Waals surface area contributed by atoms with Crippen molar-refractivity contribution in [2.24, 2.45) is 0 Å². The van der Waals surface area contributed by atoms with Crippen molar-refractivity contribution >= 4 is 46.0 Å². The zero-order valence-electron chi connectivity index (χ0n) is 7.13. The molecule has 0 bridgehead atoms. The standard InChI is InChI=1S/C8H6Cl3NO2/c1-14-7-4-5(2-3-6(7)9)12(11)8(10)13/h2-4H,1H3. The number of ether oxygens (including phenoxy) is 1. The maximum absolute atomic E-state index is 10.7. The van der Waals surface area contributed by atoms with E-state index in [1.165, 1.54) is 13.2 Å². The van der Waals surface area contributed by atoms with Gasteiger partial charge in [0.1, 0.15) is 5.75 Å². The van der Waals surface area contributed by atoms with E-state index in [1.54, 1.807) is 12.1 Å². The SMILES string of the molecule is COc1cc(N(Cl)C(=O)Cl)ccc1Cl. The summed E-state index contributed by atoms with van der Waals surface area (Å²) < 4.78 is 5.71. The lowest BCUT2D eigenvalue weighted by Gasteiger charge is -2.11. The molecule has 0 fully saturated rings. The Kier molecular flexibility index (Phi) is 3.86. The van der Waals surface area contributed by atoms with Gasteiger partial charge in [-0.3, -0.25) is 4.79 Å². The molecule has 0 heterocycles. The molecule has 0 atom stereocenters. The van der Waals surface area contributed by atoms with E-state index in [2.05, 4.69) is 0 Å². The summed E-state index contributed by atoms with van der Waals surface area (Å²) in [6.45, 7) is 0. The Labute approximate surface area is 96.2 Å². The molecule has 0 spiro atoms. The van der Waals surface area contributed by atoms with E-state index in [0.29, 0.717) is 16.5 Å². The maximum atomic E-state index is 10.7. The number of anilines is 1. The molecule has 3 nitrogen and oxygen atoms in total. The van der Waals surface area contributed by atoms with Gasteiger partial charge in [-0.2, -0.15) is 0 Å². The summed E-state index contributed by atoms with van der Waals surface area (Å²) in [7, 11) is 1.46. The summed E-state index contributed by atoms with van der Waals surface area (Å²) in [6.07, 6.45) is 0. The van der Waals surface area contributed by atoms with Crippen LogP contribution in [0.25, 0.3) is 0 Å². The zero-order chi connectivity index (χ0) is 10.7. The van der Waals surface area contributed by atoms with Gasteiger partial charge in [-0.1, -0.05) is 11.6 Å². The van der Waals surface area contributed by atoms with Crippen LogP contribution in [0.4, 0.5) is 10.5 Å². The van der Waals surface area contributed by atoms with Gasteiger partial charge in [0.25, 0.3) is 0 Å². The summed E-state index contributed by atoms with van der Waals surface area (Å²) in [5.41, 5.74) is 0.396. The minimum Gasteiger partial charge on any atom is -0.495 e. The Morgan fingerprint density at radius 1 is 1.50 bits per heavy atom. The Bertz CT molecular complexity index is 356. The fourth-order valence-corrected chi connectivity index (χ4v) is 1.27. The zero-order valence-corrected chi connectivity index (χ0v) is 9.40. The average molecular weight is 255 g/mol. The number of hydrogen-bond acceptors (Lipinski definition) is 2. The van der Waals surface area contributed by atoms with Gasteiger partial charge >= 0.3 is 5.37 Å². The molecular weight excluding hydrogens is 248 g/mol. The van der Waals surface area contributed by atoms with Gasteiger partial charge in [0.05, 0.1) is 17.8 Å². The highest BCUT2D eigenvalue weighted by Gasteiger charge is 2.12. The van der Waals surface area contributed by atoms with Gasteiger partial charge in [0.2, 0.25) is 0 Å². The van der Waals surface area contributed by atoms with Crippen LogP contribution in [-0.2, 0) is 0 Å². The number of halogens is 3. The van der Waals surface area contributed by atoms with Crippen LogP contribution < -0.4 is 9.16 Å². The molecule has 14 heavy (non-hydrogen) atoms. The van der Waals surface area contributed by atoms with Crippen molar-refractivity contribution in [1.82, 2.24) is 0 Å². The van der Waals surface area contributed by atoms with Crippen molar-refractivity contribution in [2.45, 2.75) is 0 Å². The summed E-state index contributed by atoms with van der Waals surface area (Å²) >= 11 is 16.5. The Morgan fingerprint density at radius 3 is 2.64 bits per heavy atom. The molecule has 1 rings (SSSR count). The molecule has 0 aromatic heterocycles. The van der Waals surface area contributed by atoms with Crippen molar-refractivity contribution in [3.8, 4) is 5.75 Å². The molecule has 76 valence electrons. The van der Waals surface area contributed by atoms with Crippen molar-refractivity contribution in [3.63, 3.8) is 0 Å². The van der Waals surface area contributed by atoms with E-state index in [-0.39, 0.29) is 0 Å². The molecule has 1 aromatic rings. The van der Waals surface area contributed by atoms with E-state index < -0.39 is 5.37 Å². The van der Waals surface area contributed by atoms with Crippen LogP contribution in [0.1, 0.15) is 0 Å². The molecule has 1 amide bonds. The first-order valence-electron chi connectivity index (χ1n) is 3.55. The highest BCUT2D eigenvalue weighted by atomic mass is 35.5. The van der Waals surface area contributed by atoms with Crippen molar-refractivity contribution in [1.29, 1.82) is 0 Å². The largest absolute Gasteiger partial charge is 0.495 e. The van der Waals surface area contributed by atoms with Crippen LogP contribution >= 0.6 is 35.0 Å². The van der Waals surface area contributed by atoms with Gasteiger partial charge in [0.15, 0.2) is 0 Å². The van der Waals surface area contributed by atoms with Gasteiger partial charge in [-0.15, -0.1) is 0 Å². The van der Waals surface area contributed by atoms with Crippen molar-refractivity contribution < 1.29 is 9.53 Å². The molecule has 0 saturated heterocycles. The topological polar surface area (TPSA) is 29.5 Å². The first-order valence-corrected chi connectivity index (χ1v) is 4.64. The van der Waals surface area contributed by atoms with E-state index in [4.69, 9.17) is 39.7 Å². The monoisotopic (exact) mass is 253 g/mol. The van der Waals surface area contributed by atoms with E-state index >= 15 is 0 Å². The van der Waals surface area contributed by atoms with Gasteiger partial charge < -0.3 is 4.74 Å². The molecule has 0 N–H and O–H groups in total. The summed E-state index contributed by atoms with van der Waals surface area (Å²) in [6, 6.07) is 4.62. The lowest BCUT2D eigenvalue weighted by atomic mass is 10.3. The Balaban J connectivity index is 3.06. The lowest BCUT2D eigenvalue weighted by Crippen LogP contribution is -2.12. The minimum absolute atomic E-state index is 0.396. The molecule has 0 unspecified atom stereocenters. The third-order valence-corrected chi connectivity index (χ3v) is 2.43. The average Bonchev–Trinajstić information content (AvgIpc) is 2.17. The lowest BCUT2D eigenvalue weighted by molar-refractivity contribution is 0.267. The van der Waals surface area contributed by atoms with E-state index in [1.807, 2.05) is 0 Å². The first-order chi connectivity index (χ1) is 6.56. The molecular formula is C8H6Cl3NO2. The van der Waals surface area contributed by atoms with Crippen LogP contribution in [-0.4, -0.2) is 12.5 Å². The number of carbonyl (C=O) groups excluding carboxylic acids is 1. The summed E-state index contributed by atoms with van der Waals surface area (Å²) in [4.78, 5) is 10.7. The number of methoxy groups -OCH3 is 1. The third kappa shape index (κ3) is 2.44. The number of hydrogen-bond donors (Lipinski definition) is 0. The second-order valence-electron chi connectivity index (χ2n) is 2.35. The Hall–Kier alpha value is -0.640.